The molecule has 0 saturated carbocycles. The molecule has 0 bridgehead atoms. The van der Waals surface area contributed by atoms with Crippen molar-refractivity contribution in [1.82, 2.24) is 4.98 Å². The summed E-state index contributed by atoms with van der Waals surface area (Å²) in [4.78, 5) is 4.13. The van der Waals surface area contributed by atoms with E-state index < -0.39 is 0 Å². The normalized spacial score (nSPS) is 10.4. The number of benzene rings is 1. The number of aryl methyl sites for hydroxylation is 1. The van der Waals surface area contributed by atoms with Crippen molar-refractivity contribution in [3.8, 4) is 5.75 Å². The minimum Gasteiger partial charge on any atom is -0.497 e. The fourth-order valence-electron chi connectivity index (χ4n) is 1.55. The highest BCUT2D eigenvalue weighted by molar-refractivity contribution is 5.31. The summed E-state index contributed by atoms with van der Waals surface area (Å²) in [6.45, 7) is 1.86. The van der Waals surface area contributed by atoms with Crippen molar-refractivity contribution in [2.75, 3.05) is 12.8 Å². The van der Waals surface area contributed by atoms with Crippen LogP contribution in [0, 0.1) is 6.92 Å². The number of rotatable bonds is 3. The zero-order chi connectivity index (χ0) is 11.5. The Morgan fingerprint density at radius 3 is 2.50 bits per heavy atom. The SMILES string of the molecule is COc1ccc(Cc2nc(N)oc2C)cc1. The van der Waals surface area contributed by atoms with E-state index in [0.29, 0.717) is 0 Å². The first-order valence-electron chi connectivity index (χ1n) is 5.03. The molecule has 0 aliphatic rings. The molecule has 0 aliphatic carbocycles. The van der Waals surface area contributed by atoms with Gasteiger partial charge in [0.05, 0.1) is 12.8 Å². The maximum Gasteiger partial charge on any atom is 0.292 e. The predicted octanol–water partition coefficient (Wildman–Crippen LogP) is 2.16. The van der Waals surface area contributed by atoms with Gasteiger partial charge in [-0.25, -0.2) is 0 Å². The summed E-state index contributed by atoms with van der Waals surface area (Å²) in [5.41, 5.74) is 7.51. The van der Waals surface area contributed by atoms with Crippen LogP contribution >= 0.6 is 0 Å². The second kappa shape index (κ2) is 4.26. The number of nitrogen functional groups attached to an aromatic ring is 1. The van der Waals surface area contributed by atoms with Gasteiger partial charge in [0.15, 0.2) is 0 Å². The van der Waals surface area contributed by atoms with E-state index in [9.17, 15) is 0 Å². The quantitative estimate of drug-likeness (QED) is 0.857. The van der Waals surface area contributed by atoms with Gasteiger partial charge in [0.25, 0.3) is 6.01 Å². The predicted molar refractivity (Wildman–Crippen MR) is 61.5 cm³/mol. The van der Waals surface area contributed by atoms with E-state index in [0.717, 1.165) is 29.2 Å². The van der Waals surface area contributed by atoms with Crippen LogP contribution in [0.3, 0.4) is 0 Å². The highest BCUT2D eigenvalue weighted by Crippen LogP contribution is 2.18. The molecule has 0 fully saturated rings. The maximum absolute atomic E-state index is 5.48. The Morgan fingerprint density at radius 1 is 1.31 bits per heavy atom. The summed E-state index contributed by atoms with van der Waals surface area (Å²) in [7, 11) is 1.65. The zero-order valence-corrected chi connectivity index (χ0v) is 9.36. The molecule has 0 spiro atoms. The van der Waals surface area contributed by atoms with Gasteiger partial charge in [0.2, 0.25) is 0 Å². The van der Waals surface area contributed by atoms with Crippen molar-refractivity contribution in [3.63, 3.8) is 0 Å². The largest absolute Gasteiger partial charge is 0.497 e. The first-order chi connectivity index (χ1) is 7.69. The maximum atomic E-state index is 5.48. The number of aromatic nitrogens is 1. The summed E-state index contributed by atoms with van der Waals surface area (Å²) < 4.78 is 10.3. The van der Waals surface area contributed by atoms with E-state index in [2.05, 4.69) is 4.98 Å². The second-order valence-electron chi connectivity index (χ2n) is 3.58. The molecule has 0 saturated heterocycles. The van der Waals surface area contributed by atoms with Gasteiger partial charge in [-0.05, 0) is 24.6 Å². The lowest BCUT2D eigenvalue weighted by molar-refractivity contribution is 0.414. The van der Waals surface area contributed by atoms with Gasteiger partial charge in [-0.15, -0.1) is 0 Å². The van der Waals surface area contributed by atoms with Crippen LogP contribution in [0.25, 0.3) is 0 Å². The molecule has 0 radical (unpaired) electrons. The standard InChI is InChI=1S/C12H14N2O2/c1-8-11(14-12(13)16-8)7-9-3-5-10(15-2)6-4-9/h3-6H,7H2,1-2H3,(H2,13,14). The number of anilines is 1. The molecule has 4 nitrogen and oxygen atoms in total. The molecule has 2 aromatic rings. The molecule has 0 amide bonds. The molecule has 0 unspecified atom stereocenters. The Bertz CT molecular complexity index is 474. The lowest BCUT2D eigenvalue weighted by Crippen LogP contribution is -1.92. The van der Waals surface area contributed by atoms with Crippen molar-refractivity contribution in [2.45, 2.75) is 13.3 Å². The lowest BCUT2D eigenvalue weighted by atomic mass is 10.1. The monoisotopic (exact) mass is 218 g/mol. The van der Waals surface area contributed by atoms with E-state index in [-0.39, 0.29) is 6.01 Å². The third kappa shape index (κ3) is 2.16. The van der Waals surface area contributed by atoms with E-state index in [1.165, 1.54) is 0 Å². The highest BCUT2D eigenvalue weighted by Gasteiger charge is 2.07. The van der Waals surface area contributed by atoms with Crippen LogP contribution in [0.1, 0.15) is 17.0 Å². The van der Waals surface area contributed by atoms with Crippen LogP contribution in [0.4, 0.5) is 6.01 Å². The molecule has 1 heterocycles. The van der Waals surface area contributed by atoms with E-state index >= 15 is 0 Å². The number of hydrogen-bond acceptors (Lipinski definition) is 4. The number of hydrogen-bond donors (Lipinski definition) is 1. The number of nitrogens with two attached hydrogens (primary N) is 1. The van der Waals surface area contributed by atoms with Gasteiger partial charge in [-0.1, -0.05) is 12.1 Å². The number of methoxy groups -OCH3 is 1. The van der Waals surface area contributed by atoms with E-state index in [1.54, 1.807) is 7.11 Å². The van der Waals surface area contributed by atoms with Crippen LogP contribution < -0.4 is 10.5 Å². The third-order valence-corrected chi connectivity index (χ3v) is 2.44. The molecule has 16 heavy (non-hydrogen) atoms. The van der Waals surface area contributed by atoms with Crippen LogP contribution in [-0.4, -0.2) is 12.1 Å². The minimum atomic E-state index is 0.223. The molecule has 0 atom stereocenters. The Labute approximate surface area is 94.1 Å². The van der Waals surface area contributed by atoms with Gasteiger partial charge in [-0.3, -0.25) is 0 Å². The molecule has 1 aromatic carbocycles. The Morgan fingerprint density at radius 2 is 2.00 bits per heavy atom. The zero-order valence-electron chi connectivity index (χ0n) is 9.36. The fraction of sp³-hybridized carbons (Fsp3) is 0.250. The highest BCUT2D eigenvalue weighted by atomic mass is 16.5. The molecular formula is C12H14N2O2. The van der Waals surface area contributed by atoms with Gasteiger partial charge < -0.3 is 14.9 Å². The Balaban J connectivity index is 2.17. The first kappa shape index (κ1) is 10.5. The average Bonchev–Trinajstić information content (AvgIpc) is 2.59. The molecule has 4 heteroatoms. The van der Waals surface area contributed by atoms with E-state index in [4.69, 9.17) is 14.9 Å². The van der Waals surface area contributed by atoms with Gasteiger partial charge >= 0.3 is 0 Å². The number of ether oxygens (including phenoxy) is 1. The van der Waals surface area contributed by atoms with Crippen molar-refractivity contribution in [2.24, 2.45) is 0 Å². The van der Waals surface area contributed by atoms with Gasteiger partial charge in [-0.2, -0.15) is 4.98 Å². The molecular weight excluding hydrogens is 204 g/mol. The molecule has 2 rings (SSSR count). The second-order valence-corrected chi connectivity index (χ2v) is 3.58. The summed E-state index contributed by atoms with van der Waals surface area (Å²) in [5, 5.41) is 0. The summed E-state index contributed by atoms with van der Waals surface area (Å²) >= 11 is 0. The lowest BCUT2D eigenvalue weighted by Gasteiger charge is -2.01. The molecule has 0 aliphatic heterocycles. The van der Waals surface area contributed by atoms with Crippen LogP contribution in [0.5, 0.6) is 5.75 Å². The van der Waals surface area contributed by atoms with Crippen LogP contribution in [0.15, 0.2) is 28.7 Å². The molecule has 2 N–H and O–H groups in total. The summed E-state index contributed by atoms with van der Waals surface area (Å²) in [6.07, 6.45) is 0.719. The van der Waals surface area contributed by atoms with Crippen molar-refractivity contribution < 1.29 is 9.15 Å². The first-order valence-corrected chi connectivity index (χ1v) is 5.03. The van der Waals surface area contributed by atoms with Crippen molar-refractivity contribution in [3.05, 3.63) is 41.3 Å². The number of oxazole rings is 1. The average molecular weight is 218 g/mol. The Hall–Kier alpha value is -1.97. The summed E-state index contributed by atoms with van der Waals surface area (Å²) in [6, 6.07) is 8.08. The minimum absolute atomic E-state index is 0.223. The Kier molecular flexibility index (Phi) is 2.81. The van der Waals surface area contributed by atoms with Crippen LogP contribution in [0.2, 0.25) is 0 Å². The third-order valence-electron chi connectivity index (χ3n) is 2.44. The van der Waals surface area contributed by atoms with Gasteiger partial charge in [0.1, 0.15) is 11.5 Å². The smallest absolute Gasteiger partial charge is 0.292 e. The van der Waals surface area contributed by atoms with Gasteiger partial charge in [0, 0.05) is 6.42 Å². The summed E-state index contributed by atoms with van der Waals surface area (Å²) in [5.74, 6) is 1.62. The topological polar surface area (TPSA) is 61.3 Å². The van der Waals surface area contributed by atoms with E-state index in [1.807, 2.05) is 31.2 Å². The van der Waals surface area contributed by atoms with Crippen LogP contribution in [-0.2, 0) is 6.42 Å². The van der Waals surface area contributed by atoms with Crippen molar-refractivity contribution in [1.29, 1.82) is 0 Å². The van der Waals surface area contributed by atoms with Crippen molar-refractivity contribution >= 4 is 6.01 Å². The fourth-order valence-corrected chi connectivity index (χ4v) is 1.55. The number of nitrogens with zero attached hydrogens (tertiary/aromatic N) is 1. The molecule has 84 valence electrons. The molecule has 1 aromatic heterocycles.